The first kappa shape index (κ1) is 32.4. The fraction of sp³-hybridized carbons (Fsp3) is 0.567. The summed E-state index contributed by atoms with van der Waals surface area (Å²) >= 11 is 0. The Balaban J connectivity index is 0.00000334. The quantitative estimate of drug-likeness (QED) is 0.219. The third-order valence-electron chi connectivity index (χ3n) is 5.88. The van der Waals surface area contributed by atoms with Crippen molar-refractivity contribution in [2.24, 2.45) is 0 Å². The molecule has 0 spiro atoms. The highest BCUT2D eigenvalue weighted by molar-refractivity contribution is 5.79. The van der Waals surface area contributed by atoms with Gasteiger partial charge in [-0.2, -0.15) is 0 Å². The number of aliphatic hydroxyl groups is 2. The molecule has 0 aromatic rings. The van der Waals surface area contributed by atoms with Gasteiger partial charge in [0.25, 0.3) is 0 Å². The molecule has 3 unspecified atom stereocenters. The van der Waals surface area contributed by atoms with E-state index >= 15 is 0 Å². The summed E-state index contributed by atoms with van der Waals surface area (Å²) < 4.78 is 11.9. The predicted octanol–water partition coefficient (Wildman–Crippen LogP) is 4.86. The minimum atomic E-state index is -0.669. The molecule has 2 fully saturated rings. The minimum Gasteiger partial charge on any atom is -0.464 e. The van der Waals surface area contributed by atoms with Crippen LogP contribution in [0.1, 0.15) is 60.3 Å². The van der Waals surface area contributed by atoms with Gasteiger partial charge in [-0.05, 0) is 38.8 Å². The van der Waals surface area contributed by atoms with E-state index in [9.17, 15) is 15.0 Å². The summed E-state index contributed by atoms with van der Waals surface area (Å²) in [5.41, 5.74) is 1.69. The van der Waals surface area contributed by atoms with E-state index in [4.69, 9.17) is 9.47 Å². The number of ether oxygens (including phenoxy) is 2. The molecule has 2 N–H and O–H groups in total. The Kier molecular flexibility index (Phi) is 16.3. The van der Waals surface area contributed by atoms with Crippen LogP contribution in [0.4, 0.5) is 0 Å². The van der Waals surface area contributed by atoms with E-state index in [2.05, 4.69) is 31.7 Å². The van der Waals surface area contributed by atoms with E-state index in [-0.39, 0.29) is 19.1 Å². The maximum atomic E-state index is 13.0. The lowest BCUT2D eigenvalue weighted by molar-refractivity contribution is -0.204. The third-order valence-corrected chi connectivity index (χ3v) is 5.88. The van der Waals surface area contributed by atoms with E-state index in [0.29, 0.717) is 38.2 Å². The molecule has 0 bridgehead atoms. The molecule has 0 aliphatic carbocycles. The Morgan fingerprint density at radius 2 is 1.84 bits per heavy atom. The monoisotopic (exact) mass is 516 g/mol. The number of rotatable bonds is 12. The second kappa shape index (κ2) is 18.6. The summed E-state index contributed by atoms with van der Waals surface area (Å²) in [7, 11) is 0. The van der Waals surface area contributed by atoms with Crippen molar-refractivity contribution in [1.82, 2.24) is 9.80 Å². The smallest absolute Gasteiger partial charge is 0.242 e. The highest BCUT2D eigenvalue weighted by atomic mass is 16.7. The van der Waals surface area contributed by atoms with E-state index in [0.717, 1.165) is 24.1 Å². The molecule has 37 heavy (non-hydrogen) atoms. The molecule has 1 amide bonds. The highest BCUT2D eigenvalue weighted by Gasteiger charge is 2.30. The first-order chi connectivity index (χ1) is 17.9. The van der Waals surface area contributed by atoms with Crippen LogP contribution < -0.4 is 0 Å². The van der Waals surface area contributed by atoms with E-state index in [1.54, 1.807) is 0 Å². The second-order valence-electron chi connectivity index (χ2n) is 8.75. The molecule has 2 saturated heterocycles. The van der Waals surface area contributed by atoms with Gasteiger partial charge < -0.3 is 29.5 Å². The molecule has 2 heterocycles. The van der Waals surface area contributed by atoms with Gasteiger partial charge in [-0.25, -0.2) is 0 Å². The second-order valence-corrected chi connectivity index (χ2v) is 8.75. The van der Waals surface area contributed by atoms with Gasteiger partial charge in [-0.1, -0.05) is 63.8 Å². The van der Waals surface area contributed by atoms with Crippen LogP contribution in [0.3, 0.4) is 0 Å². The number of piperazine rings is 1. The number of carbonyl (C=O) groups excluding carboxylic acids is 1. The molecule has 3 atom stereocenters. The number of hydrogen-bond acceptors (Lipinski definition) is 6. The predicted molar refractivity (Wildman–Crippen MR) is 151 cm³/mol. The lowest BCUT2D eigenvalue weighted by atomic mass is 10.1. The van der Waals surface area contributed by atoms with E-state index < -0.39 is 18.5 Å². The first-order valence-corrected chi connectivity index (χ1v) is 13.5. The minimum absolute atomic E-state index is 0.0307. The topological polar surface area (TPSA) is 82.5 Å². The van der Waals surface area contributed by atoms with Gasteiger partial charge in [0, 0.05) is 43.7 Å². The van der Waals surface area contributed by atoms with Crippen molar-refractivity contribution < 1.29 is 24.5 Å². The average Bonchev–Trinajstić information content (AvgIpc) is 2.89. The van der Waals surface area contributed by atoms with Gasteiger partial charge in [-0.3, -0.25) is 4.79 Å². The zero-order valence-electron chi connectivity index (χ0n) is 23.4. The molecule has 7 heteroatoms. The van der Waals surface area contributed by atoms with E-state index in [1.807, 2.05) is 67.9 Å². The van der Waals surface area contributed by atoms with Crippen molar-refractivity contribution in [3.05, 3.63) is 72.2 Å². The van der Waals surface area contributed by atoms with Crippen LogP contribution in [-0.4, -0.2) is 77.2 Å². The maximum Gasteiger partial charge on any atom is 0.242 e. The standard InChI is InChI=1S/C28H42N2O5.C2H6/c1-5-8-9-10-11-14-22(4)29-15-16-30(27(33)20-29)19-23(12-6-2)26(13-7-3)35-28-18-24(32)17-25(21-31)34-28;1-2/h6-9,11-14,24-25,28,31-32H,4-5,10,15-21H2,1-3H3;1-2H3/b9-8-,12-6-,13-7-,14-11?,26-23-;. The van der Waals surface area contributed by atoms with Crippen molar-refractivity contribution in [3.63, 3.8) is 0 Å². The number of hydrogen-bond donors (Lipinski definition) is 2. The molecule has 0 saturated carbocycles. The lowest BCUT2D eigenvalue weighted by Crippen LogP contribution is -2.50. The maximum absolute atomic E-state index is 13.0. The fourth-order valence-electron chi connectivity index (χ4n) is 4.05. The first-order valence-electron chi connectivity index (χ1n) is 13.5. The van der Waals surface area contributed by atoms with Crippen molar-refractivity contribution in [2.45, 2.75) is 78.8 Å². The largest absolute Gasteiger partial charge is 0.464 e. The zero-order valence-corrected chi connectivity index (χ0v) is 23.4. The summed E-state index contributed by atoms with van der Waals surface area (Å²) in [5.74, 6) is 0.618. The molecular formula is C30H48N2O5. The number of carbonyl (C=O) groups is 1. The number of allylic oxidation sites excluding steroid dienone is 7. The summed E-state index contributed by atoms with van der Waals surface area (Å²) in [4.78, 5) is 16.8. The SMILES string of the molecule is C=C(C=CC/C=C\CC)N1CCN(CC(/C=C\C)=C(/C=C\C)OC2CC(O)CC(CO)O2)C(=O)C1.CC. The van der Waals surface area contributed by atoms with Gasteiger partial charge >= 0.3 is 0 Å². The highest BCUT2D eigenvalue weighted by Crippen LogP contribution is 2.25. The Morgan fingerprint density at radius 3 is 2.46 bits per heavy atom. The molecule has 2 aliphatic heterocycles. The Labute approximate surface area is 224 Å². The van der Waals surface area contributed by atoms with Crippen molar-refractivity contribution in [2.75, 3.05) is 32.8 Å². The Hall–Kier alpha value is -2.61. The van der Waals surface area contributed by atoms with Crippen LogP contribution in [0.5, 0.6) is 0 Å². The van der Waals surface area contributed by atoms with Crippen LogP contribution in [0.2, 0.25) is 0 Å². The third kappa shape index (κ3) is 11.5. The molecule has 7 nitrogen and oxygen atoms in total. The van der Waals surface area contributed by atoms with Crippen molar-refractivity contribution in [3.8, 4) is 0 Å². The average molecular weight is 517 g/mol. The van der Waals surface area contributed by atoms with Gasteiger partial charge in [0.2, 0.25) is 12.2 Å². The summed E-state index contributed by atoms with van der Waals surface area (Å²) in [6.45, 7) is 15.8. The normalized spacial score (nSPS) is 23.6. The number of nitrogens with zero attached hydrogens (tertiary/aromatic N) is 2. The van der Waals surface area contributed by atoms with Crippen molar-refractivity contribution in [1.29, 1.82) is 0 Å². The van der Waals surface area contributed by atoms with Crippen molar-refractivity contribution >= 4 is 5.91 Å². The van der Waals surface area contributed by atoms with Gasteiger partial charge in [0.1, 0.15) is 5.76 Å². The van der Waals surface area contributed by atoms with Crippen LogP contribution >= 0.6 is 0 Å². The molecule has 2 aliphatic rings. The number of amides is 1. The molecule has 208 valence electrons. The molecule has 0 aromatic heterocycles. The van der Waals surface area contributed by atoms with Crippen LogP contribution in [-0.2, 0) is 14.3 Å². The molecule has 2 rings (SSSR count). The van der Waals surface area contributed by atoms with Gasteiger partial charge in [-0.15, -0.1) is 0 Å². The molecule has 0 aromatic carbocycles. The molecule has 0 radical (unpaired) electrons. The van der Waals surface area contributed by atoms with Gasteiger partial charge in [0.15, 0.2) is 0 Å². The Bertz CT molecular complexity index is 843. The van der Waals surface area contributed by atoms with Crippen LogP contribution in [0.25, 0.3) is 0 Å². The number of aliphatic hydroxyl groups excluding tert-OH is 2. The summed E-state index contributed by atoms with van der Waals surface area (Å²) in [6, 6.07) is 0. The summed E-state index contributed by atoms with van der Waals surface area (Å²) in [6.07, 6.45) is 16.7. The molecular weight excluding hydrogens is 468 g/mol. The van der Waals surface area contributed by atoms with Gasteiger partial charge in [0.05, 0.1) is 25.4 Å². The van der Waals surface area contributed by atoms with Crippen LogP contribution in [0, 0.1) is 0 Å². The lowest BCUT2D eigenvalue weighted by Gasteiger charge is -2.36. The summed E-state index contributed by atoms with van der Waals surface area (Å²) in [5, 5.41) is 19.6. The van der Waals surface area contributed by atoms with E-state index in [1.165, 1.54) is 0 Å². The Morgan fingerprint density at radius 1 is 1.11 bits per heavy atom. The fourth-order valence-corrected chi connectivity index (χ4v) is 4.05. The zero-order chi connectivity index (χ0) is 27.6. The van der Waals surface area contributed by atoms with Crippen LogP contribution in [0.15, 0.2) is 72.2 Å².